The molecule has 1 aromatic carbocycles. The number of hydrogen-bond acceptors (Lipinski definition) is 5. The van der Waals surface area contributed by atoms with E-state index in [0.717, 1.165) is 18.4 Å². The normalized spacial score (nSPS) is 17.8. The van der Waals surface area contributed by atoms with E-state index in [2.05, 4.69) is 15.5 Å². The maximum absolute atomic E-state index is 11.8. The first-order chi connectivity index (χ1) is 10.3. The molecule has 21 heavy (non-hydrogen) atoms. The Morgan fingerprint density at radius 1 is 1.29 bits per heavy atom. The first kappa shape index (κ1) is 13.8. The van der Waals surface area contributed by atoms with Crippen LogP contribution < -0.4 is 5.32 Å². The quantitative estimate of drug-likeness (QED) is 0.903. The van der Waals surface area contributed by atoms with E-state index in [1.54, 1.807) is 0 Å². The maximum Gasteiger partial charge on any atom is 0.249 e. The first-order valence-electron chi connectivity index (χ1n) is 7.10. The predicted octanol–water partition coefficient (Wildman–Crippen LogP) is 1.57. The molecule has 2 aromatic rings. The van der Waals surface area contributed by atoms with Crippen molar-refractivity contribution < 1.29 is 13.9 Å². The van der Waals surface area contributed by atoms with Crippen LogP contribution in [0, 0.1) is 0 Å². The summed E-state index contributed by atoms with van der Waals surface area (Å²) in [4.78, 5) is 11.8. The third kappa shape index (κ3) is 3.46. The van der Waals surface area contributed by atoms with Crippen LogP contribution in [0.3, 0.4) is 0 Å². The molecule has 1 unspecified atom stereocenters. The molecule has 6 nitrogen and oxygen atoms in total. The SMILES string of the molecule is O=C(NCCc1nnc(-c2ccccc2)o1)C1CCCO1. The van der Waals surface area contributed by atoms with Gasteiger partial charge in [0.2, 0.25) is 17.7 Å². The molecule has 0 saturated carbocycles. The molecule has 3 rings (SSSR count). The fraction of sp³-hybridized carbons (Fsp3) is 0.400. The summed E-state index contributed by atoms with van der Waals surface area (Å²) in [5.74, 6) is 0.952. The van der Waals surface area contributed by atoms with Gasteiger partial charge in [-0.2, -0.15) is 0 Å². The summed E-state index contributed by atoms with van der Waals surface area (Å²) in [6, 6.07) is 9.59. The van der Waals surface area contributed by atoms with Crippen molar-refractivity contribution in [2.75, 3.05) is 13.2 Å². The van der Waals surface area contributed by atoms with E-state index < -0.39 is 0 Å². The zero-order valence-corrected chi connectivity index (χ0v) is 11.6. The van der Waals surface area contributed by atoms with Crippen molar-refractivity contribution in [1.82, 2.24) is 15.5 Å². The van der Waals surface area contributed by atoms with E-state index >= 15 is 0 Å². The average molecular weight is 287 g/mol. The number of carbonyl (C=O) groups excluding carboxylic acids is 1. The van der Waals surface area contributed by atoms with Gasteiger partial charge in [-0.25, -0.2) is 0 Å². The van der Waals surface area contributed by atoms with Crippen molar-refractivity contribution in [3.05, 3.63) is 36.2 Å². The molecule has 6 heteroatoms. The van der Waals surface area contributed by atoms with Crippen LogP contribution in [0.5, 0.6) is 0 Å². The Balaban J connectivity index is 1.50. The van der Waals surface area contributed by atoms with Gasteiger partial charge >= 0.3 is 0 Å². The number of nitrogens with one attached hydrogen (secondary N) is 1. The van der Waals surface area contributed by atoms with E-state index in [0.29, 0.717) is 31.4 Å². The molecule has 0 bridgehead atoms. The molecule has 1 aromatic heterocycles. The molecular formula is C15H17N3O3. The van der Waals surface area contributed by atoms with Crippen molar-refractivity contribution >= 4 is 5.91 Å². The van der Waals surface area contributed by atoms with Crippen molar-refractivity contribution in [3.8, 4) is 11.5 Å². The minimum absolute atomic E-state index is 0.0599. The fourth-order valence-corrected chi connectivity index (χ4v) is 2.24. The van der Waals surface area contributed by atoms with Crippen LogP contribution in [0.1, 0.15) is 18.7 Å². The Bertz CT molecular complexity index is 591. The van der Waals surface area contributed by atoms with Crippen LogP contribution in [0.2, 0.25) is 0 Å². The highest BCUT2D eigenvalue weighted by molar-refractivity contribution is 5.80. The molecule has 1 fully saturated rings. The van der Waals surface area contributed by atoms with Crippen LogP contribution in [-0.2, 0) is 16.0 Å². The molecule has 1 N–H and O–H groups in total. The number of benzene rings is 1. The first-order valence-corrected chi connectivity index (χ1v) is 7.10. The van der Waals surface area contributed by atoms with Gasteiger partial charge in [0.15, 0.2) is 0 Å². The number of hydrogen-bond donors (Lipinski definition) is 1. The zero-order chi connectivity index (χ0) is 14.5. The topological polar surface area (TPSA) is 77.3 Å². The smallest absolute Gasteiger partial charge is 0.249 e. The summed E-state index contributed by atoms with van der Waals surface area (Å²) in [5.41, 5.74) is 0.889. The van der Waals surface area contributed by atoms with Crippen molar-refractivity contribution in [2.45, 2.75) is 25.4 Å². The number of ether oxygens (including phenoxy) is 1. The number of aromatic nitrogens is 2. The lowest BCUT2D eigenvalue weighted by atomic mass is 10.2. The monoisotopic (exact) mass is 287 g/mol. The lowest BCUT2D eigenvalue weighted by Gasteiger charge is -2.08. The van der Waals surface area contributed by atoms with Crippen LogP contribution in [0.4, 0.5) is 0 Å². The highest BCUT2D eigenvalue weighted by atomic mass is 16.5. The standard InChI is InChI=1S/C15H17N3O3/c19-14(12-7-4-10-20-12)16-9-8-13-17-18-15(21-13)11-5-2-1-3-6-11/h1-3,5-6,12H,4,7-10H2,(H,16,19). The molecule has 1 amide bonds. The summed E-state index contributed by atoms with van der Waals surface area (Å²) in [7, 11) is 0. The summed E-state index contributed by atoms with van der Waals surface area (Å²) < 4.78 is 10.9. The Morgan fingerprint density at radius 3 is 2.90 bits per heavy atom. The zero-order valence-electron chi connectivity index (χ0n) is 11.6. The molecule has 1 aliphatic rings. The van der Waals surface area contributed by atoms with Gasteiger partial charge in [-0.1, -0.05) is 18.2 Å². The molecule has 0 radical (unpaired) electrons. The Morgan fingerprint density at radius 2 is 2.14 bits per heavy atom. The molecule has 1 saturated heterocycles. The summed E-state index contributed by atoms with van der Waals surface area (Å²) in [6.07, 6.45) is 1.96. The van der Waals surface area contributed by atoms with E-state index in [-0.39, 0.29) is 12.0 Å². The van der Waals surface area contributed by atoms with Gasteiger partial charge in [0.25, 0.3) is 0 Å². The number of carbonyl (C=O) groups is 1. The van der Waals surface area contributed by atoms with Crippen LogP contribution >= 0.6 is 0 Å². The molecular weight excluding hydrogens is 270 g/mol. The lowest BCUT2D eigenvalue weighted by molar-refractivity contribution is -0.130. The highest BCUT2D eigenvalue weighted by Gasteiger charge is 2.23. The minimum atomic E-state index is -0.299. The van der Waals surface area contributed by atoms with E-state index in [4.69, 9.17) is 9.15 Å². The average Bonchev–Trinajstić information content (AvgIpc) is 3.20. The largest absolute Gasteiger partial charge is 0.421 e. The number of nitrogens with zero attached hydrogens (tertiary/aromatic N) is 2. The van der Waals surface area contributed by atoms with E-state index in [1.165, 1.54) is 0 Å². The van der Waals surface area contributed by atoms with Gasteiger partial charge in [-0.05, 0) is 25.0 Å². The maximum atomic E-state index is 11.8. The third-order valence-electron chi connectivity index (χ3n) is 3.35. The predicted molar refractivity (Wildman–Crippen MR) is 75.4 cm³/mol. The van der Waals surface area contributed by atoms with Gasteiger partial charge in [-0.3, -0.25) is 4.79 Å². The Hall–Kier alpha value is -2.21. The highest BCUT2D eigenvalue weighted by Crippen LogP contribution is 2.17. The second-order valence-corrected chi connectivity index (χ2v) is 4.91. The van der Waals surface area contributed by atoms with E-state index in [1.807, 2.05) is 30.3 Å². The molecule has 0 spiro atoms. The second-order valence-electron chi connectivity index (χ2n) is 4.91. The summed E-state index contributed by atoms with van der Waals surface area (Å²) >= 11 is 0. The van der Waals surface area contributed by atoms with Crippen LogP contribution in [0.25, 0.3) is 11.5 Å². The molecule has 1 aliphatic heterocycles. The summed E-state index contributed by atoms with van der Waals surface area (Å²) in [5, 5.41) is 10.8. The molecule has 0 aliphatic carbocycles. The lowest BCUT2D eigenvalue weighted by Crippen LogP contribution is -2.35. The van der Waals surface area contributed by atoms with Gasteiger partial charge in [0.1, 0.15) is 6.10 Å². The Kier molecular flexibility index (Phi) is 4.25. The fourth-order valence-electron chi connectivity index (χ4n) is 2.24. The van der Waals surface area contributed by atoms with Gasteiger partial charge in [0, 0.05) is 25.1 Å². The van der Waals surface area contributed by atoms with E-state index in [9.17, 15) is 4.79 Å². The molecule has 110 valence electrons. The Labute approximate surface area is 122 Å². The number of rotatable bonds is 5. The van der Waals surface area contributed by atoms with Gasteiger partial charge in [-0.15, -0.1) is 10.2 Å². The van der Waals surface area contributed by atoms with Crippen LogP contribution in [-0.4, -0.2) is 35.4 Å². The van der Waals surface area contributed by atoms with Crippen molar-refractivity contribution in [2.24, 2.45) is 0 Å². The number of amides is 1. The minimum Gasteiger partial charge on any atom is -0.421 e. The molecule has 2 heterocycles. The van der Waals surface area contributed by atoms with Gasteiger partial charge < -0.3 is 14.5 Å². The van der Waals surface area contributed by atoms with Crippen molar-refractivity contribution in [1.29, 1.82) is 0 Å². The second kappa shape index (κ2) is 6.49. The third-order valence-corrected chi connectivity index (χ3v) is 3.35. The summed E-state index contributed by atoms with van der Waals surface area (Å²) in [6.45, 7) is 1.14. The molecule has 1 atom stereocenters. The van der Waals surface area contributed by atoms with Crippen LogP contribution in [0.15, 0.2) is 34.7 Å². The van der Waals surface area contributed by atoms with Crippen molar-refractivity contribution in [3.63, 3.8) is 0 Å². The van der Waals surface area contributed by atoms with Gasteiger partial charge in [0.05, 0.1) is 0 Å².